The average molecular weight is 165 g/mol. The zero-order chi connectivity index (χ0) is 8.60. The van der Waals surface area contributed by atoms with Crippen LogP contribution in [0.4, 0.5) is 0 Å². The third-order valence-corrected chi connectivity index (χ3v) is 2.30. The summed E-state index contributed by atoms with van der Waals surface area (Å²) in [4.78, 5) is 10.4. The molecule has 1 aromatic heterocycles. The van der Waals surface area contributed by atoms with Crippen molar-refractivity contribution in [3.63, 3.8) is 0 Å². The van der Waals surface area contributed by atoms with Crippen LogP contribution < -0.4 is 0 Å². The number of hydrogen-bond acceptors (Lipinski definition) is 2. The van der Waals surface area contributed by atoms with Gasteiger partial charge in [-0.1, -0.05) is 0 Å². The molecule has 2 heterocycles. The van der Waals surface area contributed by atoms with E-state index in [2.05, 4.69) is 6.92 Å². The summed E-state index contributed by atoms with van der Waals surface area (Å²) < 4.78 is 7.17. The number of carbonyl (C=O) groups excluding carboxylic acids is 1. The fraction of sp³-hybridized carbons (Fsp3) is 0.444. The lowest BCUT2D eigenvalue weighted by Crippen LogP contribution is -2.48. The summed E-state index contributed by atoms with van der Waals surface area (Å²) in [6.07, 6.45) is 4.64. The third-order valence-electron chi connectivity index (χ3n) is 2.30. The first-order valence-electron chi connectivity index (χ1n) is 3.96. The molecule has 0 atom stereocenters. The van der Waals surface area contributed by atoms with E-state index in [-0.39, 0.29) is 5.54 Å². The maximum absolute atomic E-state index is 10.4. The van der Waals surface area contributed by atoms with E-state index in [9.17, 15) is 4.79 Å². The highest BCUT2D eigenvalue weighted by Crippen LogP contribution is 2.25. The quantitative estimate of drug-likeness (QED) is 0.613. The van der Waals surface area contributed by atoms with Gasteiger partial charge in [0.15, 0.2) is 6.29 Å². The van der Waals surface area contributed by atoms with E-state index in [4.69, 9.17) is 4.74 Å². The summed E-state index contributed by atoms with van der Waals surface area (Å²) >= 11 is 0. The summed E-state index contributed by atoms with van der Waals surface area (Å²) in [5, 5.41) is 0. The molecule has 0 spiro atoms. The zero-order valence-corrected chi connectivity index (χ0v) is 6.99. The molecule has 1 aromatic rings. The fourth-order valence-electron chi connectivity index (χ4n) is 1.37. The minimum Gasteiger partial charge on any atom is -0.376 e. The van der Waals surface area contributed by atoms with Gasteiger partial charge in [0.2, 0.25) is 0 Å². The SMILES string of the molecule is CC1(n2ccc(C=O)c2)COC1. The van der Waals surface area contributed by atoms with Gasteiger partial charge in [-0.3, -0.25) is 4.79 Å². The van der Waals surface area contributed by atoms with E-state index < -0.39 is 0 Å². The topological polar surface area (TPSA) is 31.2 Å². The van der Waals surface area contributed by atoms with Crippen LogP contribution >= 0.6 is 0 Å². The first-order chi connectivity index (χ1) is 5.74. The maximum Gasteiger partial charge on any atom is 0.151 e. The number of nitrogens with zero attached hydrogens (tertiary/aromatic N) is 1. The number of aldehydes is 1. The molecule has 0 aromatic carbocycles. The van der Waals surface area contributed by atoms with E-state index in [0.29, 0.717) is 0 Å². The second kappa shape index (κ2) is 2.45. The van der Waals surface area contributed by atoms with E-state index >= 15 is 0 Å². The van der Waals surface area contributed by atoms with Gasteiger partial charge in [0, 0.05) is 18.0 Å². The van der Waals surface area contributed by atoms with Gasteiger partial charge in [-0.15, -0.1) is 0 Å². The minimum absolute atomic E-state index is 0.0707. The first kappa shape index (κ1) is 7.55. The van der Waals surface area contributed by atoms with Gasteiger partial charge in [0.25, 0.3) is 0 Å². The standard InChI is InChI=1S/C9H11NO2/c1-9(6-12-7-9)10-3-2-8(4-10)5-11/h2-5H,6-7H2,1H3. The summed E-state index contributed by atoms with van der Waals surface area (Å²) in [5.74, 6) is 0. The van der Waals surface area contributed by atoms with E-state index in [1.54, 1.807) is 0 Å². The Labute approximate surface area is 70.9 Å². The highest BCUT2D eigenvalue weighted by molar-refractivity contribution is 5.74. The molecule has 64 valence electrons. The van der Waals surface area contributed by atoms with Crippen LogP contribution in [-0.4, -0.2) is 24.1 Å². The molecule has 0 unspecified atom stereocenters. The lowest BCUT2D eigenvalue weighted by molar-refractivity contribution is -0.0895. The molecule has 1 aliphatic heterocycles. The molecule has 0 radical (unpaired) electrons. The van der Waals surface area contributed by atoms with E-state index in [1.165, 1.54) is 0 Å². The highest BCUT2D eigenvalue weighted by Gasteiger charge is 2.34. The Hall–Kier alpha value is -1.09. The lowest BCUT2D eigenvalue weighted by Gasteiger charge is -2.39. The molecule has 0 N–H and O–H groups in total. The predicted molar refractivity (Wildman–Crippen MR) is 44.3 cm³/mol. The second-order valence-electron chi connectivity index (χ2n) is 3.46. The Balaban J connectivity index is 2.27. The van der Waals surface area contributed by atoms with Crippen molar-refractivity contribution in [3.05, 3.63) is 24.0 Å². The molecule has 0 saturated carbocycles. The van der Waals surface area contributed by atoms with Gasteiger partial charge in [-0.2, -0.15) is 0 Å². The second-order valence-corrected chi connectivity index (χ2v) is 3.46. The van der Waals surface area contributed by atoms with Crippen LogP contribution in [0.2, 0.25) is 0 Å². The minimum atomic E-state index is 0.0707. The summed E-state index contributed by atoms with van der Waals surface area (Å²) in [6.45, 7) is 3.59. The lowest BCUT2D eigenvalue weighted by atomic mass is 10.0. The summed E-state index contributed by atoms with van der Waals surface area (Å²) in [7, 11) is 0. The molecule has 0 aliphatic carbocycles. The Morgan fingerprint density at radius 2 is 2.42 bits per heavy atom. The van der Waals surface area contributed by atoms with Crippen LogP contribution in [0, 0.1) is 0 Å². The number of carbonyl (C=O) groups is 1. The van der Waals surface area contributed by atoms with Crippen LogP contribution in [0.5, 0.6) is 0 Å². The van der Waals surface area contributed by atoms with Crippen molar-refractivity contribution in [3.8, 4) is 0 Å². The molecule has 12 heavy (non-hydrogen) atoms. The van der Waals surface area contributed by atoms with Gasteiger partial charge < -0.3 is 9.30 Å². The number of ether oxygens (including phenoxy) is 1. The van der Waals surface area contributed by atoms with Crippen LogP contribution in [0.15, 0.2) is 18.5 Å². The van der Waals surface area contributed by atoms with Crippen molar-refractivity contribution in [2.75, 3.05) is 13.2 Å². The van der Waals surface area contributed by atoms with E-state index in [1.807, 2.05) is 23.0 Å². The average Bonchev–Trinajstić information content (AvgIpc) is 2.48. The maximum atomic E-state index is 10.4. The number of rotatable bonds is 2. The monoisotopic (exact) mass is 165 g/mol. The number of aromatic nitrogens is 1. The van der Waals surface area contributed by atoms with Crippen molar-refractivity contribution in [2.24, 2.45) is 0 Å². The van der Waals surface area contributed by atoms with Crippen molar-refractivity contribution < 1.29 is 9.53 Å². The summed E-state index contributed by atoms with van der Waals surface area (Å²) in [5.41, 5.74) is 0.796. The van der Waals surface area contributed by atoms with E-state index in [0.717, 1.165) is 25.1 Å². The van der Waals surface area contributed by atoms with Crippen LogP contribution in [0.3, 0.4) is 0 Å². The van der Waals surface area contributed by atoms with Gasteiger partial charge in [0.1, 0.15) is 0 Å². The largest absolute Gasteiger partial charge is 0.376 e. The molecule has 3 heteroatoms. The van der Waals surface area contributed by atoms with Crippen molar-refractivity contribution >= 4 is 6.29 Å². The molecule has 0 bridgehead atoms. The Bertz CT molecular complexity index is 299. The van der Waals surface area contributed by atoms with Gasteiger partial charge in [-0.05, 0) is 13.0 Å². The molecule has 2 rings (SSSR count). The zero-order valence-electron chi connectivity index (χ0n) is 6.99. The molecule has 3 nitrogen and oxygen atoms in total. The van der Waals surface area contributed by atoms with Crippen LogP contribution in [0.1, 0.15) is 17.3 Å². The van der Waals surface area contributed by atoms with Crippen LogP contribution in [-0.2, 0) is 10.3 Å². The molecular formula is C9H11NO2. The predicted octanol–water partition coefficient (Wildman–Crippen LogP) is 1.05. The Morgan fingerprint density at radius 1 is 1.67 bits per heavy atom. The smallest absolute Gasteiger partial charge is 0.151 e. The Kier molecular flexibility index (Phi) is 1.54. The summed E-state index contributed by atoms with van der Waals surface area (Å²) in [6, 6.07) is 1.82. The van der Waals surface area contributed by atoms with Gasteiger partial charge in [0.05, 0.1) is 18.8 Å². The van der Waals surface area contributed by atoms with Crippen molar-refractivity contribution in [1.82, 2.24) is 4.57 Å². The van der Waals surface area contributed by atoms with Crippen molar-refractivity contribution in [2.45, 2.75) is 12.5 Å². The Morgan fingerprint density at radius 3 is 2.83 bits per heavy atom. The van der Waals surface area contributed by atoms with Gasteiger partial charge in [-0.25, -0.2) is 0 Å². The first-order valence-corrected chi connectivity index (χ1v) is 3.96. The normalized spacial score (nSPS) is 20.1. The van der Waals surface area contributed by atoms with Crippen LogP contribution in [0.25, 0.3) is 0 Å². The third kappa shape index (κ3) is 0.975. The molecule has 1 aliphatic rings. The fourth-order valence-corrected chi connectivity index (χ4v) is 1.37. The number of hydrogen-bond donors (Lipinski definition) is 0. The van der Waals surface area contributed by atoms with Crippen molar-refractivity contribution in [1.29, 1.82) is 0 Å². The molecule has 1 fully saturated rings. The molecular weight excluding hydrogens is 154 g/mol. The van der Waals surface area contributed by atoms with Gasteiger partial charge >= 0.3 is 0 Å². The molecule has 0 amide bonds. The highest BCUT2D eigenvalue weighted by atomic mass is 16.5. The molecule has 1 saturated heterocycles.